The van der Waals surface area contributed by atoms with E-state index < -0.39 is 9.84 Å². The van der Waals surface area contributed by atoms with Crippen LogP contribution in [-0.4, -0.2) is 15.0 Å². The summed E-state index contributed by atoms with van der Waals surface area (Å²) in [5.74, 6) is 0.620. The van der Waals surface area contributed by atoms with Gasteiger partial charge in [-0.15, -0.1) is 0 Å². The Bertz CT molecular complexity index is 795. The summed E-state index contributed by atoms with van der Waals surface area (Å²) in [5, 5.41) is 0. The van der Waals surface area contributed by atoms with Crippen molar-refractivity contribution in [3.05, 3.63) is 76.4 Å². The van der Waals surface area contributed by atoms with E-state index in [2.05, 4.69) is 0 Å². The molecule has 0 radical (unpaired) electrons. The molecule has 1 aliphatic rings. The van der Waals surface area contributed by atoms with Gasteiger partial charge in [-0.25, -0.2) is 8.42 Å². The fourth-order valence-corrected chi connectivity index (χ4v) is 4.30. The van der Waals surface area contributed by atoms with Crippen LogP contribution in [0, 0.1) is 6.92 Å². The third-order valence-electron chi connectivity index (χ3n) is 4.00. The first-order valence-electron chi connectivity index (χ1n) is 7.78. The smallest absolute Gasteiger partial charge is 0.206 e. The van der Waals surface area contributed by atoms with Crippen LogP contribution in [0.1, 0.15) is 24.0 Å². The van der Waals surface area contributed by atoms with Gasteiger partial charge in [-0.2, -0.15) is 0 Å². The van der Waals surface area contributed by atoms with E-state index in [-0.39, 0.29) is 0 Å². The predicted molar refractivity (Wildman–Crippen MR) is 90.7 cm³/mol. The Kier molecular flexibility index (Phi) is 4.53. The minimum Gasteiger partial charge on any atom is -0.497 e. The Labute approximate surface area is 137 Å². The Hall–Kier alpha value is -2.07. The normalized spacial score (nSPS) is 16.9. The van der Waals surface area contributed by atoms with E-state index in [1.54, 1.807) is 12.1 Å². The molecule has 3 nitrogen and oxygen atoms in total. The van der Waals surface area contributed by atoms with Crippen LogP contribution >= 0.6 is 0 Å². The van der Waals surface area contributed by atoms with Gasteiger partial charge in [-0.1, -0.05) is 48.0 Å². The van der Waals surface area contributed by atoms with Crippen molar-refractivity contribution in [1.82, 2.24) is 0 Å². The molecule has 3 rings (SSSR count). The molecular weight excluding hydrogens is 308 g/mol. The summed E-state index contributed by atoms with van der Waals surface area (Å²) in [5.41, 5.74) is 2.01. The average molecular weight is 328 g/mol. The van der Waals surface area contributed by atoms with Crippen molar-refractivity contribution in [1.29, 1.82) is 0 Å². The lowest BCUT2D eigenvalue weighted by atomic mass is 10.1. The summed E-state index contributed by atoms with van der Waals surface area (Å²) in [6.07, 6.45) is 1.93. The molecule has 0 spiro atoms. The van der Waals surface area contributed by atoms with Crippen molar-refractivity contribution in [2.45, 2.75) is 31.1 Å². The van der Waals surface area contributed by atoms with Crippen molar-refractivity contribution in [2.75, 3.05) is 6.61 Å². The number of hydrogen-bond acceptors (Lipinski definition) is 3. The van der Waals surface area contributed by atoms with Gasteiger partial charge in [-0.05, 0) is 31.0 Å². The third-order valence-corrected chi connectivity index (χ3v) is 5.91. The van der Waals surface area contributed by atoms with E-state index in [0.29, 0.717) is 35.0 Å². The zero-order valence-corrected chi connectivity index (χ0v) is 14.0. The molecule has 0 bridgehead atoms. The van der Waals surface area contributed by atoms with Gasteiger partial charge in [0.2, 0.25) is 9.84 Å². The highest BCUT2D eigenvalue weighted by Crippen LogP contribution is 2.30. The summed E-state index contributed by atoms with van der Waals surface area (Å²) in [6.45, 7) is 2.54. The van der Waals surface area contributed by atoms with Crippen LogP contribution < -0.4 is 0 Å². The summed E-state index contributed by atoms with van der Waals surface area (Å²) >= 11 is 0. The summed E-state index contributed by atoms with van der Waals surface area (Å²) in [7, 11) is -3.54. The van der Waals surface area contributed by atoms with Crippen LogP contribution in [0.5, 0.6) is 0 Å². The quantitative estimate of drug-likeness (QED) is 0.851. The largest absolute Gasteiger partial charge is 0.497 e. The number of hydrogen-bond donors (Lipinski definition) is 0. The molecule has 0 atom stereocenters. The lowest BCUT2D eigenvalue weighted by Crippen LogP contribution is -2.10. The molecule has 0 unspecified atom stereocenters. The average Bonchev–Trinajstić information content (AvgIpc) is 3.08. The number of rotatable bonds is 4. The fraction of sp³-hybridized carbons (Fsp3) is 0.263. The molecule has 23 heavy (non-hydrogen) atoms. The second-order valence-corrected chi connectivity index (χ2v) is 7.75. The molecule has 120 valence electrons. The third kappa shape index (κ3) is 3.48. The monoisotopic (exact) mass is 328 g/mol. The molecule has 2 aromatic rings. The summed E-state index contributed by atoms with van der Waals surface area (Å²) in [4.78, 5) is 0.724. The topological polar surface area (TPSA) is 43.4 Å². The lowest BCUT2D eigenvalue weighted by molar-refractivity contribution is 0.261. The van der Waals surface area contributed by atoms with Crippen molar-refractivity contribution >= 4 is 9.84 Å². The van der Waals surface area contributed by atoms with Crippen LogP contribution in [0.25, 0.3) is 0 Å². The Balaban J connectivity index is 2.04. The number of sulfone groups is 1. The number of aryl methyl sites for hydroxylation is 1. The summed E-state index contributed by atoms with van der Waals surface area (Å²) < 4.78 is 31.8. The van der Waals surface area contributed by atoms with Crippen molar-refractivity contribution in [2.24, 2.45) is 0 Å². The molecule has 1 saturated heterocycles. The van der Waals surface area contributed by atoms with Crippen LogP contribution in [0.2, 0.25) is 0 Å². The van der Waals surface area contributed by atoms with Gasteiger partial charge in [0.05, 0.1) is 16.4 Å². The van der Waals surface area contributed by atoms with Gasteiger partial charge in [0.15, 0.2) is 0 Å². The van der Waals surface area contributed by atoms with Gasteiger partial charge < -0.3 is 4.74 Å². The Morgan fingerprint density at radius 1 is 1.04 bits per heavy atom. The number of benzene rings is 2. The first-order chi connectivity index (χ1) is 11.1. The van der Waals surface area contributed by atoms with E-state index >= 15 is 0 Å². The van der Waals surface area contributed by atoms with Crippen molar-refractivity contribution in [3.8, 4) is 0 Å². The molecule has 1 fully saturated rings. The van der Waals surface area contributed by atoms with Crippen LogP contribution in [0.15, 0.2) is 70.2 Å². The predicted octanol–water partition coefficient (Wildman–Crippen LogP) is 4.03. The maximum atomic E-state index is 13.1. The molecule has 0 N–H and O–H groups in total. The maximum Gasteiger partial charge on any atom is 0.206 e. The Morgan fingerprint density at radius 3 is 2.35 bits per heavy atom. The van der Waals surface area contributed by atoms with Gasteiger partial charge in [-0.3, -0.25) is 0 Å². The van der Waals surface area contributed by atoms with E-state index in [0.717, 1.165) is 17.5 Å². The fourth-order valence-electron chi connectivity index (χ4n) is 2.70. The highest BCUT2D eigenvalue weighted by Gasteiger charge is 2.27. The van der Waals surface area contributed by atoms with Gasteiger partial charge in [0, 0.05) is 12.8 Å². The van der Waals surface area contributed by atoms with Crippen LogP contribution in [-0.2, 0) is 21.0 Å². The molecule has 0 saturated carbocycles. The van der Waals surface area contributed by atoms with E-state index in [1.165, 1.54) is 0 Å². The molecule has 1 aliphatic heterocycles. The first kappa shape index (κ1) is 15.8. The highest BCUT2D eigenvalue weighted by molar-refractivity contribution is 7.95. The second kappa shape index (κ2) is 6.59. The van der Waals surface area contributed by atoms with Crippen LogP contribution in [0.4, 0.5) is 0 Å². The number of allylic oxidation sites excluding steroid dienone is 2. The lowest BCUT2D eigenvalue weighted by Gasteiger charge is -2.13. The molecule has 0 aliphatic carbocycles. The van der Waals surface area contributed by atoms with Crippen molar-refractivity contribution in [3.63, 3.8) is 0 Å². The minimum atomic E-state index is -3.54. The molecule has 2 aromatic carbocycles. The second-order valence-electron chi connectivity index (χ2n) is 5.78. The zero-order chi connectivity index (χ0) is 16.3. The minimum absolute atomic E-state index is 0.331. The first-order valence-corrected chi connectivity index (χ1v) is 9.26. The van der Waals surface area contributed by atoms with Gasteiger partial charge in [0.25, 0.3) is 0 Å². The van der Waals surface area contributed by atoms with E-state index in [1.807, 2.05) is 49.4 Å². The van der Waals surface area contributed by atoms with Gasteiger partial charge >= 0.3 is 0 Å². The van der Waals surface area contributed by atoms with Crippen molar-refractivity contribution < 1.29 is 13.2 Å². The summed E-state index contributed by atoms with van der Waals surface area (Å²) in [6, 6.07) is 16.7. The zero-order valence-electron chi connectivity index (χ0n) is 13.2. The number of ether oxygens (including phenoxy) is 1. The van der Waals surface area contributed by atoms with Crippen LogP contribution in [0.3, 0.4) is 0 Å². The molecule has 1 heterocycles. The molecule has 4 heteroatoms. The standard InChI is InChI=1S/C19H20O3S/c1-15-9-11-17(12-10-15)23(20,21)19(18-8-5-13-22-18)14-16-6-3-2-4-7-16/h2-4,6-7,9-12H,5,8,13-14H2,1H3/b19-18+. The molecule has 0 aromatic heterocycles. The van der Waals surface area contributed by atoms with E-state index in [9.17, 15) is 8.42 Å². The highest BCUT2D eigenvalue weighted by atomic mass is 32.2. The molecule has 0 amide bonds. The SMILES string of the molecule is Cc1ccc(S(=O)(=O)/C(Cc2ccccc2)=C2\CCCO2)cc1. The maximum absolute atomic E-state index is 13.1. The molecular formula is C19H20O3S. The Morgan fingerprint density at radius 2 is 1.74 bits per heavy atom. The van der Waals surface area contributed by atoms with Gasteiger partial charge in [0.1, 0.15) is 5.76 Å². The van der Waals surface area contributed by atoms with E-state index in [4.69, 9.17) is 4.74 Å².